The summed E-state index contributed by atoms with van der Waals surface area (Å²) in [5.74, 6) is -0.328. The Kier molecular flexibility index (Phi) is 3.45. The molecule has 1 rings (SSSR count). The zero-order valence-electron chi connectivity index (χ0n) is 8.93. The lowest BCUT2D eigenvalue weighted by Gasteiger charge is -2.23. The average molecular weight is 219 g/mol. The summed E-state index contributed by atoms with van der Waals surface area (Å²) in [6.07, 6.45) is 0.0304. The minimum absolute atomic E-state index is 0.328. The van der Waals surface area contributed by atoms with Gasteiger partial charge in [0.1, 0.15) is 5.54 Å². The second kappa shape index (κ2) is 4.61. The van der Waals surface area contributed by atoms with Crippen LogP contribution in [0.2, 0.25) is 0 Å². The Morgan fingerprint density at radius 2 is 1.94 bits per heavy atom. The molecule has 0 saturated carbocycles. The molecule has 0 saturated heterocycles. The molecule has 0 radical (unpaired) electrons. The van der Waals surface area contributed by atoms with Gasteiger partial charge in [0, 0.05) is 5.56 Å². The zero-order valence-corrected chi connectivity index (χ0v) is 8.93. The molecular formula is C12H13NO3. The second-order valence-corrected chi connectivity index (χ2v) is 3.53. The number of rotatable bonds is 4. The van der Waals surface area contributed by atoms with Gasteiger partial charge in [0.05, 0.1) is 0 Å². The molecular weight excluding hydrogens is 206 g/mol. The van der Waals surface area contributed by atoms with Gasteiger partial charge in [-0.05, 0) is 6.92 Å². The van der Waals surface area contributed by atoms with Gasteiger partial charge in [0.2, 0.25) is 0 Å². The van der Waals surface area contributed by atoms with E-state index in [0.717, 1.165) is 0 Å². The van der Waals surface area contributed by atoms with Crippen LogP contribution in [0.1, 0.15) is 17.3 Å². The van der Waals surface area contributed by atoms with Crippen molar-refractivity contribution in [2.24, 2.45) is 0 Å². The molecule has 1 aromatic carbocycles. The summed E-state index contributed by atoms with van der Waals surface area (Å²) in [6, 6.07) is 8.49. The molecule has 0 aromatic heterocycles. The fraction of sp³-hybridized carbons (Fsp3) is 0.167. The first-order chi connectivity index (χ1) is 7.49. The highest BCUT2D eigenvalue weighted by atomic mass is 16.4. The lowest BCUT2D eigenvalue weighted by molar-refractivity contribution is 0.0898. The summed E-state index contributed by atoms with van der Waals surface area (Å²) in [7, 11) is 0. The number of carbonyl (C=O) groups excluding carboxylic acids is 1. The maximum atomic E-state index is 12.0. The minimum Gasteiger partial charge on any atom is -0.465 e. The first kappa shape index (κ1) is 12.0. The smallest absolute Gasteiger partial charge is 0.405 e. The monoisotopic (exact) mass is 219 g/mol. The fourth-order valence-corrected chi connectivity index (χ4v) is 1.31. The normalized spacial score (nSPS) is 13.6. The third-order valence-corrected chi connectivity index (χ3v) is 2.28. The van der Waals surface area contributed by atoms with Crippen molar-refractivity contribution in [3.05, 3.63) is 48.6 Å². The maximum absolute atomic E-state index is 12.0. The lowest BCUT2D eigenvalue weighted by atomic mass is 9.91. The van der Waals surface area contributed by atoms with Gasteiger partial charge in [0.25, 0.3) is 0 Å². The van der Waals surface area contributed by atoms with Gasteiger partial charge in [-0.1, -0.05) is 36.4 Å². The summed E-state index contributed by atoms with van der Waals surface area (Å²) >= 11 is 0. The number of carboxylic acid groups (broad SMARTS) is 1. The molecule has 4 heteroatoms. The molecule has 4 nitrogen and oxygen atoms in total. The van der Waals surface area contributed by atoms with Crippen LogP contribution >= 0.6 is 0 Å². The van der Waals surface area contributed by atoms with Crippen molar-refractivity contribution in [1.82, 2.24) is 5.32 Å². The van der Waals surface area contributed by atoms with Crippen molar-refractivity contribution in [3.8, 4) is 0 Å². The van der Waals surface area contributed by atoms with Gasteiger partial charge < -0.3 is 10.4 Å². The van der Waals surface area contributed by atoms with E-state index in [0.29, 0.717) is 5.56 Å². The molecule has 1 unspecified atom stereocenters. The van der Waals surface area contributed by atoms with E-state index < -0.39 is 11.6 Å². The lowest BCUT2D eigenvalue weighted by Crippen LogP contribution is -2.50. The Bertz CT molecular complexity index is 414. The van der Waals surface area contributed by atoms with E-state index in [-0.39, 0.29) is 5.78 Å². The van der Waals surface area contributed by atoms with E-state index in [1.807, 2.05) is 0 Å². The molecule has 0 bridgehead atoms. The molecule has 1 atom stereocenters. The van der Waals surface area contributed by atoms with E-state index in [2.05, 4.69) is 11.9 Å². The van der Waals surface area contributed by atoms with E-state index >= 15 is 0 Å². The minimum atomic E-state index is -1.30. The van der Waals surface area contributed by atoms with E-state index in [1.165, 1.54) is 13.0 Å². The number of nitrogens with one attached hydrogen (secondary N) is 1. The van der Waals surface area contributed by atoms with Gasteiger partial charge >= 0.3 is 6.09 Å². The van der Waals surface area contributed by atoms with Crippen LogP contribution in [-0.2, 0) is 0 Å². The predicted octanol–water partition coefficient (Wildman–Crippen LogP) is 2.08. The molecule has 84 valence electrons. The standard InChI is InChI=1S/C12H13NO3/c1-3-12(2,13-11(15)16)10(14)9-7-5-4-6-8-9/h3-8,13H,1H2,2H3,(H,15,16). The highest BCUT2D eigenvalue weighted by molar-refractivity contribution is 6.05. The molecule has 2 N–H and O–H groups in total. The van der Waals surface area contributed by atoms with Crippen molar-refractivity contribution >= 4 is 11.9 Å². The van der Waals surface area contributed by atoms with Gasteiger partial charge in [-0.2, -0.15) is 0 Å². The molecule has 0 spiro atoms. The van der Waals surface area contributed by atoms with Crippen molar-refractivity contribution in [1.29, 1.82) is 0 Å². The molecule has 0 aliphatic carbocycles. The van der Waals surface area contributed by atoms with Crippen molar-refractivity contribution in [2.75, 3.05) is 0 Å². The van der Waals surface area contributed by atoms with Gasteiger partial charge in [-0.3, -0.25) is 4.79 Å². The molecule has 1 amide bonds. The van der Waals surface area contributed by atoms with Crippen LogP contribution in [-0.4, -0.2) is 22.5 Å². The Morgan fingerprint density at radius 1 is 1.38 bits per heavy atom. The number of carbonyl (C=O) groups is 2. The average Bonchev–Trinajstić information content (AvgIpc) is 2.28. The Morgan fingerprint density at radius 3 is 2.38 bits per heavy atom. The van der Waals surface area contributed by atoms with Crippen molar-refractivity contribution in [2.45, 2.75) is 12.5 Å². The van der Waals surface area contributed by atoms with Gasteiger partial charge in [-0.25, -0.2) is 4.79 Å². The van der Waals surface area contributed by atoms with Gasteiger partial charge in [0.15, 0.2) is 5.78 Å². The highest BCUT2D eigenvalue weighted by Gasteiger charge is 2.32. The number of Topliss-reactive ketones (excluding diaryl/α,β-unsaturated/α-hetero) is 1. The third kappa shape index (κ3) is 2.48. The number of hydrogen-bond donors (Lipinski definition) is 2. The van der Waals surface area contributed by atoms with Crippen LogP contribution in [0.3, 0.4) is 0 Å². The van der Waals surface area contributed by atoms with Gasteiger partial charge in [-0.15, -0.1) is 6.58 Å². The first-order valence-corrected chi connectivity index (χ1v) is 4.74. The predicted molar refractivity (Wildman–Crippen MR) is 60.5 cm³/mol. The molecule has 0 heterocycles. The van der Waals surface area contributed by atoms with Crippen LogP contribution in [0.15, 0.2) is 43.0 Å². The number of ketones is 1. The van der Waals surface area contributed by atoms with Crippen molar-refractivity contribution < 1.29 is 14.7 Å². The van der Waals surface area contributed by atoms with E-state index in [9.17, 15) is 9.59 Å². The molecule has 0 fully saturated rings. The summed E-state index contributed by atoms with van der Waals surface area (Å²) < 4.78 is 0. The van der Waals surface area contributed by atoms with Crippen LogP contribution < -0.4 is 5.32 Å². The summed E-state index contributed by atoms with van der Waals surface area (Å²) in [6.45, 7) is 4.96. The maximum Gasteiger partial charge on any atom is 0.405 e. The second-order valence-electron chi connectivity index (χ2n) is 3.53. The zero-order chi connectivity index (χ0) is 12.2. The van der Waals surface area contributed by atoms with Crippen LogP contribution in [0.25, 0.3) is 0 Å². The largest absolute Gasteiger partial charge is 0.465 e. The summed E-state index contributed by atoms with van der Waals surface area (Å²) in [5.41, 5.74) is -0.855. The fourth-order valence-electron chi connectivity index (χ4n) is 1.31. The SMILES string of the molecule is C=CC(C)(NC(=O)O)C(=O)c1ccccc1. The molecule has 16 heavy (non-hydrogen) atoms. The number of benzene rings is 1. The summed E-state index contributed by atoms with van der Waals surface area (Å²) in [4.78, 5) is 22.6. The Balaban J connectivity index is 3.02. The van der Waals surface area contributed by atoms with Crippen LogP contribution in [0.5, 0.6) is 0 Å². The first-order valence-electron chi connectivity index (χ1n) is 4.74. The molecule has 0 aliphatic heterocycles. The van der Waals surface area contributed by atoms with Crippen LogP contribution in [0.4, 0.5) is 4.79 Å². The summed E-state index contributed by atoms with van der Waals surface area (Å²) in [5, 5.41) is 10.8. The van der Waals surface area contributed by atoms with Crippen molar-refractivity contribution in [3.63, 3.8) is 0 Å². The quantitative estimate of drug-likeness (QED) is 0.601. The molecule has 0 aliphatic rings. The van der Waals surface area contributed by atoms with E-state index in [4.69, 9.17) is 5.11 Å². The van der Waals surface area contributed by atoms with E-state index in [1.54, 1.807) is 30.3 Å². The number of amides is 1. The Hall–Kier alpha value is -2.10. The molecule has 1 aromatic rings. The topological polar surface area (TPSA) is 66.4 Å². The highest BCUT2D eigenvalue weighted by Crippen LogP contribution is 2.14. The third-order valence-electron chi connectivity index (χ3n) is 2.28. The Labute approximate surface area is 93.6 Å². The van der Waals surface area contributed by atoms with Crippen LogP contribution in [0, 0.1) is 0 Å². The number of hydrogen-bond acceptors (Lipinski definition) is 2.